The number of hydrogen-bond donors (Lipinski definition) is 1. The summed E-state index contributed by atoms with van der Waals surface area (Å²) in [5.74, 6) is 0.657. The number of rotatable bonds is 2. The highest BCUT2D eigenvalue weighted by Gasteiger charge is 2.31. The van der Waals surface area contributed by atoms with Gasteiger partial charge in [0.15, 0.2) is 0 Å². The third-order valence-electron chi connectivity index (χ3n) is 4.81. The van der Waals surface area contributed by atoms with Crippen molar-refractivity contribution in [2.75, 3.05) is 39.3 Å². The Morgan fingerprint density at radius 1 is 0.900 bits per heavy atom. The van der Waals surface area contributed by atoms with Gasteiger partial charge in [0.1, 0.15) is 0 Å². The van der Waals surface area contributed by atoms with Crippen molar-refractivity contribution in [1.82, 2.24) is 15.1 Å². The van der Waals surface area contributed by atoms with Crippen LogP contribution in [-0.4, -0.2) is 61.0 Å². The lowest BCUT2D eigenvalue weighted by Gasteiger charge is -2.32. The Kier molecular flexibility index (Phi) is 7.59. The Bertz CT molecular complexity index is 307. The standard InChI is InChI=1S/C14H25N3O.2ClH/c18-14(12-10-15-11-12)17-7-3-6-16(8-9-17)13-4-1-2-5-13;;/h12-13,15H,1-11H2;2*1H. The first-order chi connectivity index (χ1) is 8.84. The second-order valence-electron chi connectivity index (χ2n) is 6.01. The molecule has 2 heterocycles. The summed E-state index contributed by atoms with van der Waals surface area (Å²) in [4.78, 5) is 17.0. The molecule has 0 aromatic heterocycles. The smallest absolute Gasteiger partial charge is 0.228 e. The molecule has 20 heavy (non-hydrogen) atoms. The highest BCUT2D eigenvalue weighted by Crippen LogP contribution is 2.24. The van der Waals surface area contributed by atoms with Crippen LogP contribution in [0.25, 0.3) is 0 Å². The van der Waals surface area contributed by atoms with Crippen LogP contribution in [-0.2, 0) is 4.79 Å². The van der Waals surface area contributed by atoms with E-state index in [-0.39, 0.29) is 30.7 Å². The van der Waals surface area contributed by atoms with Crippen LogP contribution in [0.4, 0.5) is 0 Å². The predicted molar refractivity (Wildman–Crippen MR) is 85.9 cm³/mol. The van der Waals surface area contributed by atoms with Gasteiger partial charge in [-0.25, -0.2) is 0 Å². The highest BCUT2D eigenvalue weighted by molar-refractivity contribution is 5.85. The molecule has 118 valence electrons. The van der Waals surface area contributed by atoms with Crippen LogP contribution in [0.15, 0.2) is 0 Å². The monoisotopic (exact) mass is 323 g/mol. The molecule has 2 aliphatic heterocycles. The van der Waals surface area contributed by atoms with Gasteiger partial charge >= 0.3 is 0 Å². The fraction of sp³-hybridized carbons (Fsp3) is 0.929. The molecule has 0 aromatic carbocycles. The van der Waals surface area contributed by atoms with E-state index >= 15 is 0 Å². The SMILES string of the molecule is Cl.Cl.O=C(C1CNC1)N1CCCN(C2CCCC2)CC1. The van der Waals surface area contributed by atoms with Crippen molar-refractivity contribution in [2.24, 2.45) is 5.92 Å². The number of nitrogens with one attached hydrogen (secondary N) is 1. The molecular weight excluding hydrogens is 297 g/mol. The molecule has 0 atom stereocenters. The fourth-order valence-electron chi connectivity index (χ4n) is 3.51. The summed E-state index contributed by atoms with van der Waals surface area (Å²) in [6, 6.07) is 0.811. The maximum atomic E-state index is 12.2. The Morgan fingerprint density at radius 3 is 2.20 bits per heavy atom. The maximum absolute atomic E-state index is 12.2. The zero-order valence-corrected chi connectivity index (χ0v) is 13.7. The molecule has 1 amide bonds. The van der Waals surface area contributed by atoms with Gasteiger partial charge < -0.3 is 10.2 Å². The third-order valence-corrected chi connectivity index (χ3v) is 4.81. The van der Waals surface area contributed by atoms with Gasteiger partial charge in [0, 0.05) is 45.3 Å². The van der Waals surface area contributed by atoms with Crippen molar-refractivity contribution >= 4 is 30.7 Å². The summed E-state index contributed by atoms with van der Waals surface area (Å²) in [7, 11) is 0. The van der Waals surface area contributed by atoms with Crippen molar-refractivity contribution in [2.45, 2.75) is 38.1 Å². The molecule has 1 aliphatic carbocycles. The van der Waals surface area contributed by atoms with Gasteiger partial charge in [-0.2, -0.15) is 0 Å². The van der Waals surface area contributed by atoms with E-state index in [1.165, 1.54) is 32.2 Å². The van der Waals surface area contributed by atoms with Crippen molar-refractivity contribution in [3.8, 4) is 0 Å². The van der Waals surface area contributed by atoms with Crippen LogP contribution in [0.5, 0.6) is 0 Å². The highest BCUT2D eigenvalue weighted by atomic mass is 35.5. The van der Waals surface area contributed by atoms with Crippen molar-refractivity contribution in [1.29, 1.82) is 0 Å². The summed E-state index contributed by atoms with van der Waals surface area (Å²) >= 11 is 0. The lowest BCUT2D eigenvalue weighted by atomic mass is 10.0. The van der Waals surface area contributed by atoms with E-state index < -0.39 is 0 Å². The van der Waals surface area contributed by atoms with Crippen LogP contribution in [0.2, 0.25) is 0 Å². The summed E-state index contributed by atoms with van der Waals surface area (Å²) in [6.45, 7) is 5.99. The summed E-state index contributed by atoms with van der Waals surface area (Å²) in [6.07, 6.45) is 6.71. The Hall–Kier alpha value is -0.0300. The second kappa shape index (κ2) is 8.42. The van der Waals surface area contributed by atoms with Crippen LogP contribution < -0.4 is 5.32 Å². The largest absolute Gasteiger partial charge is 0.341 e. The zero-order chi connectivity index (χ0) is 12.4. The van der Waals surface area contributed by atoms with Gasteiger partial charge in [-0.1, -0.05) is 12.8 Å². The van der Waals surface area contributed by atoms with Gasteiger partial charge in [-0.3, -0.25) is 9.69 Å². The lowest BCUT2D eigenvalue weighted by Crippen LogP contribution is -2.52. The number of nitrogens with zero attached hydrogens (tertiary/aromatic N) is 2. The molecule has 3 fully saturated rings. The minimum atomic E-state index is 0. The van der Waals surface area contributed by atoms with E-state index in [4.69, 9.17) is 0 Å². The Balaban J connectivity index is 0.000001000. The number of hydrogen-bond acceptors (Lipinski definition) is 3. The average Bonchev–Trinajstić information content (AvgIpc) is 2.71. The molecule has 0 spiro atoms. The maximum Gasteiger partial charge on any atom is 0.228 e. The van der Waals surface area contributed by atoms with E-state index in [0.29, 0.717) is 5.91 Å². The van der Waals surface area contributed by atoms with Crippen LogP contribution in [0, 0.1) is 5.92 Å². The predicted octanol–water partition coefficient (Wildman–Crippen LogP) is 1.53. The zero-order valence-electron chi connectivity index (χ0n) is 12.1. The van der Waals surface area contributed by atoms with E-state index in [0.717, 1.165) is 45.2 Å². The van der Waals surface area contributed by atoms with Crippen LogP contribution >= 0.6 is 24.8 Å². The third kappa shape index (κ3) is 4.00. The summed E-state index contributed by atoms with van der Waals surface area (Å²) in [5, 5.41) is 3.19. The van der Waals surface area contributed by atoms with Crippen molar-refractivity contribution in [3.05, 3.63) is 0 Å². The van der Waals surface area contributed by atoms with Crippen LogP contribution in [0.1, 0.15) is 32.1 Å². The first-order valence-electron chi connectivity index (χ1n) is 7.58. The molecule has 3 rings (SSSR count). The fourth-order valence-corrected chi connectivity index (χ4v) is 3.51. The number of halogens is 2. The van der Waals surface area contributed by atoms with E-state index in [9.17, 15) is 4.79 Å². The summed E-state index contributed by atoms with van der Waals surface area (Å²) < 4.78 is 0. The Labute approximate surface area is 134 Å². The van der Waals surface area contributed by atoms with Crippen LogP contribution in [0.3, 0.4) is 0 Å². The molecule has 2 saturated heterocycles. The van der Waals surface area contributed by atoms with Gasteiger partial charge in [-0.15, -0.1) is 24.8 Å². The number of amides is 1. The molecule has 0 unspecified atom stereocenters. The molecule has 3 aliphatic rings. The minimum absolute atomic E-state index is 0. The van der Waals surface area contributed by atoms with E-state index in [1.807, 2.05) is 0 Å². The quantitative estimate of drug-likeness (QED) is 0.837. The molecule has 1 N–H and O–H groups in total. The normalized spacial score (nSPS) is 25.3. The molecule has 0 radical (unpaired) electrons. The summed E-state index contributed by atoms with van der Waals surface area (Å²) in [5.41, 5.74) is 0. The minimum Gasteiger partial charge on any atom is -0.341 e. The van der Waals surface area contributed by atoms with Gasteiger partial charge in [0.25, 0.3) is 0 Å². The second-order valence-corrected chi connectivity index (χ2v) is 6.01. The number of carbonyl (C=O) groups excluding carboxylic acids is 1. The molecule has 0 aromatic rings. The topological polar surface area (TPSA) is 35.6 Å². The van der Waals surface area contributed by atoms with Gasteiger partial charge in [0.05, 0.1) is 5.92 Å². The first kappa shape index (κ1) is 18.0. The molecule has 4 nitrogen and oxygen atoms in total. The van der Waals surface area contributed by atoms with E-state index in [2.05, 4.69) is 15.1 Å². The lowest BCUT2D eigenvalue weighted by molar-refractivity contribution is -0.136. The average molecular weight is 324 g/mol. The van der Waals surface area contributed by atoms with E-state index in [1.54, 1.807) is 0 Å². The van der Waals surface area contributed by atoms with Gasteiger partial charge in [0.2, 0.25) is 5.91 Å². The molecule has 6 heteroatoms. The number of carbonyl (C=O) groups is 1. The molecule has 1 saturated carbocycles. The van der Waals surface area contributed by atoms with Crippen molar-refractivity contribution < 1.29 is 4.79 Å². The first-order valence-corrected chi connectivity index (χ1v) is 7.58. The Morgan fingerprint density at radius 2 is 1.60 bits per heavy atom. The molecular formula is C14H27Cl2N3O. The molecule has 0 bridgehead atoms. The van der Waals surface area contributed by atoms with Gasteiger partial charge in [-0.05, 0) is 19.3 Å². The van der Waals surface area contributed by atoms with Crippen molar-refractivity contribution in [3.63, 3.8) is 0 Å².